The molecule has 0 aromatic heterocycles. The Morgan fingerprint density at radius 1 is 1.03 bits per heavy atom. The van der Waals surface area contributed by atoms with Crippen molar-refractivity contribution >= 4 is 11.8 Å². The van der Waals surface area contributed by atoms with Crippen molar-refractivity contribution in [1.29, 1.82) is 0 Å². The van der Waals surface area contributed by atoms with Crippen LogP contribution in [0.2, 0.25) is 0 Å². The second-order valence-corrected chi connectivity index (χ2v) is 7.50. The van der Waals surface area contributed by atoms with Gasteiger partial charge in [-0.2, -0.15) is 0 Å². The number of amides is 1. The lowest BCUT2D eigenvalue weighted by Crippen LogP contribution is -2.53. The number of carbonyl (C=O) groups is 1. The van der Waals surface area contributed by atoms with E-state index in [4.69, 9.17) is 4.74 Å². The summed E-state index contributed by atoms with van der Waals surface area (Å²) >= 11 is 0. The number of carbonyl (C=O) groups excluding carboxylic acids is 1. The highest BCUT2D eigenvalue weighted by Crippen LogP contribution is 2.31. The Balaban J connectivity index is 1.58. The van der Waals surface area contributed by atoms with E-state index in [1.165, 1.54) is 29.2 Å². The molecule has 5 rings (SSSR count). The molecule has 0 N–H and O–H groups in total. The van der Waals surface area contributed by atoms with Crippen molar-refractivity contribution in [2.45, 2.75) is 25.5 Å². The van der Waals surface area contributed by atoms with Crippen molar-refractivity contribution in [2.75, 3.05) is 24.5 Å². The zero-order valence-corrected chi connectivity index (χ0v) is 15.6. The van der Waals surface area contributed by atoms with Crippen LogP contribution in [0.1, 0.15) is 18.4 Å². The van der Waals surface area contributed by atoms with Crippen molar-refractivity contribution in [2.24, 2.45) is 5.92 Å². The highest BCUT2D eigenvalue weighted by atomic mass is 19.2. The summed E-state index contributed by atoms with van der Waals surface area (Å²) in [5.41, 5.74) is 0.361. The van der Waals surface area contributed by atoms with Gasteiger partial charge in [0.15, 0.2) is 17.5 Å². The molecule has 154 valence electrons. The standard InChI is InChI=1S/C21H20F4N2O2/c22-15-1-3-16(4-2-15)27(11-13-9-17(23)20(25)18(24)10-13)21(28)29-19-12-26-7-5-14(19)6-8-26/h1-4,9-10,14,19H,5-8,11-12H2. The van der Waals surface area contributed by atoms with Crippen LogP contribution in [0.5, 0.6) is 0 Å². The molecule has 0 aliphatic carbocycles. The number of ether oxygens (including phenoxy) is 1. The van der Waals surface area contributed by atoms with Gasteiger partial charge in [-0.05, 0) is 73.8 Å². The number of hydrogen-bond donors (Lipinski definition) is 0. The van der Waals surface area contributed by atoms with Crippen LogP contribution in [0.4, 0.5) is 28.0 Å². The van der Waals surface area contributed by atoms with Gasteiger partial charge in [-0.25, -0.2) is 22.4 Å². The van der Waals surface area contributed by atoms with Crippen molar-refractivity contribution < 1.29 is 27.1 Å². The van der Waals surface area contributed by atoms with Gasteiger partial charge in [0.05, 0.1) is 6.54 Å². The van der Waals surface area contributed by atoms with Gasteiger partial charge in [-0.15, -0.1) is 0 Å². The lowest BCUT2D eigenvalue weighted by molar-refractivity contribution is -0.0311. The number of nitrogens with zero attached hydrogens (tertiary/aromatic N) is 2. The summed E-state index contributed by atoms with van der Waals surface area (Å²) in [6.45, 7) is 2.36. The highest BCUT2D eigenvalue weighted by molar-refractivity contribution is 5.87. The van der Waals surface area contributed by atoms with E-state index in [-0.39, 0.29) is 24.1 Å². The summed E-state index contributed by atoms with van der Waals surface area (Å²) in [5, 5.41) is 0. The molecule has 2 aromatic carbocycles. The third-order valence-corrected chi connectivity index (χ3v) is 5.59. The average molecular weight is 408 g/mol. The molecule has 2 aromatic rings. The molecular formula is C21H20F4N2O2. The number of rotatable bonds is 4. The smallest absolute Gasteiger partial charge is 0.414 e. The van der Waals surface area contributed by atoms with E-state index >= 15 is 0 Å². The largest absolute Gasteiger partial charge is 0.444 e. The van der Waals surface area contributed by atoms with Gasteiger partial charge < -0.3 is 4.74 Å². The van der Waals surface area contributed by atoms with E-state index in [9.17, 15) is 22.4 Å². The Morgan fingerprint density at radius 2 is 1.66 bits per heavy atom. The maximum absolute atomic E-state index is 13.6. The van der Waals surface area contributed by atoms with E-state index in [2.05, 4.69) is 4.90 Å². The zero-order valence-electron chi connectivity index (χ0n) is 15.6. The third-order valence-electron chi connectivity index (χ3n) is 5.59. The highest BCUT2D eigenvalue weighted by Gasteiger charge is 2.37. The van der Waals surface area contributed by atoms with E-state index in [1.807, 2.05) is 0 Å². The zero-order chi connectivity index (χ0) is 20.5. The molecule has 3 fully saturated rings. The van der Waals surface area contributed by atoms with Crippen molar-refractivity contribution in [3.63, 3.8) is 0 Å². The van der Waals surface area contributed by atoms with E-state index in [1.54, 1.807) is 0 Å². The first-order chi connectivity index (χ1) is 13.9. The Labute approximate surface area is 165 Å². The second kappa shape index (κ2) is 8.02. The van der Waals surface area contributed by atoms with Crippen LogP contribution >= 0.6 is 0 Å². The fourth-order valence-corrected chi connectivity index (χ4v) is 4.00. The SMILES string of the molecule is O=C(OC1CN2CCC1CC2)N(Cc1cc(F)c(F)c(F)c1)c1ccc(F)cc1. The quantitative estimate of drug-likeness (QED) is 0.553. The number of piperidine rings is 3. The molecule has 2 bridgehead atoms. The molecule has 1 amide bonds. The summed E-state index contributed by atoms with van der Waals surface area (Å²) in [6.07, 6.45) is 0.932. The molecule has 1 unspecified atom stereocenters. The number of benzene rings is 2. The third kappa shape index (κ3) is 4.22. The number of fused-ring (bicyclic) bond motifs is 3. The summed E-state index contributed by atoms with van der Waals surface area (Å²) < 4.78 is 59.5. The predicted octanol–water partition coefficient (Wildman–Crippen LogP) is 4.48. The first-order valence-corrected chi connectivity index (χ1v) is 9.50. The van der Waals surface area contributed by atoms with Crippen molar-refractivity contribution in [3.8, 4) is 0 Å². The van der Waals surface area contributed by atoms with Crippen molar-refractivity contribution in [1.82, 2.24) is 4.90 Å². The molecule has 0 radical (unpaired) electrons. The van der Waals surface area contributed by atoms with Gasteiger partial charge in [0.1, 0.15) is 11.9 Å². The first-order valence-electron chi connectivity index (χ1n) is 9.50. The van der Waals surface area contributed by atoms with Crippen LogP contribution in [0, 0.1) is 29.2 Å². The molecule has 0 spiro atoms. The number of anilines is 1. The van der Waals surface area contributed by atoms with Gasteiger partial charge in [-0.3, -0.25) is 9.80 Å². The summed E-state index contributed by atoms with van der Waals surface area (Å²) in [7, 11) is 0. The number of halogens is 4. The van der Waals surface area contributed by atoms with E-state index < -0.39 is 29.4 Å². The Hall–Kier alpha value is -2.61. The average Bonchev–Trinajstić information content (AvgIpc) is 2.72. The van der Waals surface area contributed by atoms with Gasteiger partial charge in [0.25, 0.3) is 0 Å². The maximum Gasteiger partial charge on any atom is 0.414 e. The molecular weight excluding hydrogens is 388 g/mol. The lowest BCUT2D eigenvalue weighted by atomic mass is 9.86. The Morgan fingerprint density at radius 3 is 2.21 bits per heavy atom. The molecule has 0 saturated carbocycles. The molecule has 29 heavy (non-hydrogen) atoms. The Kier molecular flexibility index (Phi) is 5.45. The van der Waals surface area contributed by atoms with Gasteiger partial charge in [-0.1, -0.05) is 0 Å². The maximum atomic E-state index is 13.6. The molecule has 3 saturated heterocycles. The minimum Gasteiger partial charge on any atom is -0.444 e. The van der Waals surface area contributed by atoms with Crippen molar-refractivity contribution in [3.05, 3.63) is 65.2 Å². The first kappa shape index (κ1) is 19.7. The molecule has 8 heteroatoms. The number of hydrogen-bond acceptors (Lipinski definition) is 3. The molecule has 4 nitrogen and oxygen atoms in total. The van der Waals surface area contributed by atoms with Gasteiger partial charge in [0, 0.05) is 12.2 Å². The van der Waals surface area contributed by atoms with Crippen LogP contribution in [0.15, 0.2) is 36.4 Å². The molecule has 3 heterocycles. The molecule has 3 aliphatic heterocycles. The summed E-state index contributed by atoms with van der Waals surface area (Å²) in [4.78, 5) is 16.3. The Bertz CT molecular complexity index is 875. The van der Waals surface area contributed by atoms with Crippen LogP contribution in [0.3, 0.4) is 0 Å². The lowest BCUT2D eigenvalue weighted by Gasteiger charge is -2.44. The fourth-order valence-electron chi connectivity index (χ4n) is 4.00. The monoisotopic (exact) mass is 408 g/mol. The van der Waals surface area contributed by atoms with Crippen LogP contribution in [-0.2, 0) is 11.3 Å². The minimum atomic E-state index is -1.57. The second-order valence-electron chi connectivity index (χ2n) is 7.50. The molecule has 1 atom stereocenters. The predicted molar refractivity (Wildman–Crippen MR) is 98.3 cm³/mol. The minimum absolute atomic E-state index is 0.0524. The van der Waals surface area contributed by atoms with E-state index in [0.29, 0.717) is 12.2 Å². The summed E-state index contributed by atoms with van der Waals surface area (Å²) in [5.74, 6) is -4.47. The van der Waals surface area contributed by atoms with Crippen LogP contribution in [0.25, 0.3) is 0 Å². The fraction of sp³-hybridized carbons (Fsp3) is 0.381. The van der Waals surface area contributed by atoms with Crippen LogP contribution in [-0.4, -0.2) is 36.7 Å². The van der Waals surface area contributed by atoms with Crippen LogP contribution < -0.4 is 4.90 Å². The van der Waals surface area contributed by atoms with E-state index in [0.717, 1.165) is 38.1 Å². The topological polar surface area (TPSA) is 32.8 Å². The van der Waals surface area contributed by atoms with Gasteiger partial charge >= 0.3 is 6.09 Å². The molecule has 3 aliphatic rings. The van der Waals surface area contributed by atoms with Gasteiger partial charge in [0.2, 0.25) is 0 Å². The normalized spacial score (nSPS) is 23.1. The summed E-state index contributed by atoms with van der Waals surface area (Å²) in [6, 6.07) is 6.77.